The second-order valence-electron chi connectivity index (χ2n) is 4.87. The molecule has 1 unspecified atom stereocenters. The molecule has 0 spiro atoms. The van der Waals surface area contributed by atoms with Crippen molar-refractivity contribution in [3.8, 4) is 11.5 Å². The number of carbonyl (C=O) groups excluding carboxylic acids is 1. The van der Waals surface area contributed by atoms with Gasteiger partial charge >= 0.3 is 0 Å². The molecule has 124 valence electrons. The molecule has 0 aliphatic carbocycles. The second-order valence-corrected chi connectivity index (χ2v) is 5.28. The smallest absolute Gasteiger partial charge is 0.248 e. The highest BCUT2D eigenvalue weighted by Crippen LogP contribution is 2.36. The van der Waals surface area contributed by atoms with Crippen LogP contribution < -0.4 is 20.1 Å². The molecule has 2 aromatic rings. The first-order valence-corrected chi connectivity index (χ1v) is 7.24. The van der Waals surface area contributed by atoms with Gasteiger partial charge in [0.05, 0.1) is 30.6 Å². The minimum Gasteiger partial charge on any atom is -0.495 e. The van der Waals surface area contributed by atoms with Gasteiger partial charge in [0.2, 0.25) is 11.8 Å². The number of nitrogens with one attached hydrogen (secondary N) is 2. The number of carbonyl (C=O) groups is 1. The van der Waals surface area contributed by atoms with Crippen LogP contribution in [0.1, 0.15) is 12.6 Å². The highest BCUT2D eigenvalue weighted by molar-refractivity contribution is 6.32. The molecule has 0 saturated carbocycles. The number of rotatable bonds is 6. The van der Waals surface area contributed by atoms with E-state index in [1.807, 2.05) is 0 Å². The zero-order valence-corrected chi connectivity index (χ0v) is 14.0. The van der Waals surface area contributed by atoms with Gasteiger partial charge in [0.1, 0.15) is 17.5 Å². The van der Waals surface area contributed by atoms with Crippen LogP contribution in [0.25, 0.3) is 0 Å². The molecule has 1 heterocycles. The lowest BCUT2D eigenvalue weighted by molar-refractivity contribution is -0.116. The topological polar surface area (TPSA) is 85.6 Å². The molecular weight excluding hydrogens is 322 g/mol. The van der Waals surface area contributed by atoms with Crippen LogP contribution >= 0.6 is 11.6 Å². The van der Waals surface area contributed by atoms with Crippen molar-refractivity contribution in [3.63, 3.8) is 0 Å². The molecule has 1 aromatic heterocycles. The average Bonchev–Trinajstić information content (AvgIpc) is 2.92. The number of aryl methyl sites for hydroxylation is 1. The lowest BCUT2D eigenvalue weighted by atomic mass is 10.2. The highest BCUT2D eigenvalue weighted by atomic mass is 35.5. The maximum Gasteiger partial charge on any atom is 0.248 e. The van der Waals surface area contributed by atoms with Gasteiger partial charge < -0.3 is 19.3 Å². The minimum absolute atomic E-state index is 0.282. The van der Waals surface area contributed by atoms with Crippen LogP contribution in [0.15, 0.2) is 22.7 Å². The zero-order valence-electron chi connectivity index (χ0n) is 13.3. The van der Waals surface area contributed by atoms with E-state index < -0.39 is 6.04 Å². The maximum absolute atomic E-state index is 12.2. The molecule has 8 heteroatoms. The van der Waals surface area contributed by atoms with E-state index in [1.54, 1.807) is 32.0 Å². The predicted molar refractivity (Wildman–Crippen MR) is 87.5 cm³/mol. The number of halogens is 1. The number of ether oxygens (including phenoxy) is 2. The van der Waals surface area contributed by atoms with E-state index in [4.69, 9.17) is 25.6 Å². The summed E-state index contributed by atoms with van der Waals surface area (Å²) in [6.07, 6.45) is 0. The Kier molecular flexibility index (Phi) is 5.33. The number of hydrogen-bond donors (Lipinski definition) is 2. The van der Waals surface area contributed by atoms with Gasteiger partial charge in [0, 0.05) is 12.1 Å². The Morgan fingerprint density at radius 2 is 1.96 bits per heavy atom. The van der Waals surface area contributed by atoms with Crippen molar-refractivity contribution in [2.24, 2.45) is 0 Å². The molecule has 0 aliphatic rings. The Hall–Kier alpha value is -2.41. The van der Waals surface area contributed by atoms with Gasteiger partial charge in [-0.15, -0.1) is 0 Å². The van der Waals surface area contributed by atoms with E-state index in [2.05, 4.69) is 15.8 Å². The van der Waals surface area contributed by atoms with Gasteiger partial charge in [-0.25, -0.2) is 0 Å². The van der Waals surface area contributed by atoms with E-state index in [-0.39, 0.29) is 5.91 Å². The van der Waals surface area contributed by atoms with Crippen LogP contribution in [0.3, 0.4) is 0 Å². The fourth-order valence-electron chi connectivity index (χ4n) is 1.92. The average molecular weight is 340 g/mol. The monoisotopic (exact) mass is 339 g/mol. The standard InChI is InChI=1S/C15H18ClN3O4/c1-8-5-14(23-19-8)18-15(20)9(2)17-11-6-10(16)12(21-3)7-13(11)22-4/h5-7,9,17H,1-4H3,(H,18,20). The largest absolute Gasteiger partial charge is 0.495 e. The lowest BCUT2D eigenvalue weighted by Crippen LogP contribution is -2.31. The van der Waals surface area contributed by atoms with Gasteiger partial charge in [-0.2, -0.15) is 0 Å². The third-order valence-electron chi connectivity index (χ3n) is 3.11. The first kappa shape index (κ1) is 17.0. The van der Waals surface area contributed by atoms with Crippen molar-refractivity contribution in [1.82, 2.24) is 5.16 Å². The minimum atomic E-state index is -0.557. The summed E-state index contributed by atoms with van der Waals surface area (Å²) in [6.45, 7) is 3.47. The molecule has 0 bridgehead atoms. The van der Waals surface area contributed by atoms with Gasteiger partial charge in [-0.3, -0.25) is 10.1 Å². The van der Waals surface area contributed by atoms with Crippen LogP contribution in [0.2, 0.25) is 5.02 Å². The second kappa shape index (κ2) is 7.23. The van der Waals surface area contributed by atoms with Crippen LogP contribution in [0.5, 0.6) is 11.5 Å². The molecule has 1 aromatic carbocycles. The molecule has 7 nitrogen and oxygen atoms in total. The quantitative estimate of drug-likeness (QED) is 0.841. The molecular formula is C15H18ClN3O4. The van der Waals surface area contributed by atoms with Crippen LogP contribution in [-0.4, -0.2) is 31.3 Å². The summed E-state index contributed by atoms with van der Waals surface area (Å²) in [5.41, 5.74) is 1.26. The summed E-state index contributed by atoms with van der Waals surface area (Å²) in [4.78, 5) is 12.2. The Balaban J connectivity index is 2.11. The van der Waals surface area contributed by atoms with Crippen molar-refractivity contribution in [3.05, 3.63) is 28.9 Å². The normalized spacial score (nSPS) is 11.7. The van der Waals surface area contributed by atoms with Gasteiger partial charge in [-0.05, 0) is 19.9 Å². The molecule has 2 N–H and O–H groups in total. The predicted octanol–water partition coefficient (Wildman–Crippen LogP) is 3.09. The van der Waals surface area contributed by atoms with Crippen LogP contribution in [-0.2, 0) is 4.79 Å². The van der Waals surface area contributed by atoms with Crippen molar-refractivity contribution < 1.29 is 18.8 Å². The molecule has 0 saturated heterocycles. The molecule has 0 radical (unpaired) electrons. The first-order valence-electron chi connectivity index (χ1n) is 6.86. The van der Waals surface area contributed by atoms with E-state index in [9.17, 15) is 4.79 Å². The summed E-state index contributed by atoms with van der Waals surface area (Å²) in [5, 5.41) is 9.79. The van der Waals surface area contributed by atoms with Crippen molar-refractivity contribution in [2.75, 3.05) is 24.9 Å². The molecule has 1 atom stereocenters. The van der Waals surface area contributed by atoms with Gasteiger partial charge in [0.15, 0.2) is 0 Å². The Morgan fingerprint density at radius 1 is 1.26 bits per heavy atom. The highest BCUT2D eigenvalue weighted by Gasteiger charge is 2.18. The molecule has 2 rings (SSSR count). The van der Waals surface area contributed by atoms with Crippen molar-refractivity contribution in [1.29, 1.82) is 0 Å². The van der Waals surface area contributed by atoms with E-state index >= 15 is 0 Å². The number of amides is 1. The van der Waals surface area contributed by atoms with Gasteiger partial charge in [-0.1, -0.05) is 16.8 Å². The molecule has 1 amide bonds. The molecule has 0 aliphatic heterocycles. The number of benzene rings is 1. The summed E-state index contributed by atoms with van der Waals surface area (Å²) < 4.78 is 15.4. The maximum atomic E-state index is 12.2. The molecule has 23 heavy (non-hydrogen) atoms. The Bertz CT molecular complexity index is 702. The Morgan fingerprint density at radius 3 is 2.52 bits per heavy atom. The molecule has 0 fully saturated rings. The number of nitrogens with zero attached hydrogens (tertiary/aromatic N) is 1. The third-order valence-corrected chi connectivity index (χ3v) is 3.41. The Labute approximate surface area is 138 Å². The summed E-state index contributed by atoms with van der Waals surface area (Å²) in [7, 11) is 3.04. The fourth-order valence-corrected chi connectivity index (χ4v) is 2.16. The van der Waals surface area contributed by atoms with Crippen LogP contribution in [0, 0.1) is 6.92 Å². The van der Waals surface area contributed by atoms with Gasteiger partial charge in [0.25, 0.3) is 0 Å². The number of hydrogen-bond acceptors (Lipinski definition) is 6. The summed E-state index contributed by atoms with van der Waals surface area (Å²) in [5.74, 6) is 1.01. The number of methoxy groups -OCH3 is 2. The summed E-state index contributed by atoms with van der Waals surface area (Å²) >= 11 is 6.11. The van der Waals surface area contributed by atoms with Crippen molar-refractivity contribution >= 4 is 29.1 Å². The lowest BCUT2D eigenvalue weighted by Gasteiger charge is -2.18. The van der Waals surface area contributed by atoms with E-state index in [1.165, 1.54) is 14.2 Å². The van der Waals surface area contributed by atoms with E-state index in [0.29, 0.717) is 33.8 Å². The summed E-state index contributed by atoms with van der Waals surface area (Å²) in [6, 6.07) is 4.37. The van der Waals surface area contributed by atoms with Crippen LogP contribution in [0.4, 0.5) is 11.6 Å². The zero-order chi connectivity index (χ0) is 17.0. The first-order chi connectivity index (χ1) is 10.9. The number of anilines is 2. The third kappa shape index (κ3) is 4.07. The fraction of sp³-hybridized carbons (Fsp3) is 0.333. The SMILES string of the molecule is COc1cc(OC)c(NC(C)C(=O)Nc2cc(C)no2)cc1Cl. The van der Waals surface area contributed by atoms with Crippen molar-refractivity contribution in [2.45, 2.75) is 19.9 Å². The number of aromatic nitrogens is 1. The van der Waals surface area contributed by atoms with E-state index in [0.717, 1.165) is 0 Å².